The number of nitrogens with zero attached hydrogens (tertiary/aromatic N) is 2. The van der Waals surface area contributed by atoms with Crippen molar-refractivity contribution >= 4 is 0 Å². The smallest absolute Gasteiger partial charge is 0.244 e. The molecule has 0 bridgehead atoms. The van der Waals surface area contributed by atoms with E-state index in [1.54, 1.807) is 6.20 Å². The van der Waals surface area contributed by atoms with Crippen molar-refractivity contribution in [2.24, 2.45) is 0 Å². The van der Waals surface area contributed by atoms with Crippen LogP contribution in [-0.4, -0.2) is 15.2 Å². The number of oxazole rings is 1. The summed E-state index contributed by atoms with van der Waals surface area (Å²) in [6.45, 7) is 6.11. The van der Waals surface area contributed by atoms with Crippen molar-refractivity contribution in [2.45, 2.75) is 26.7 Å². The zero-order valence-electron chi connectivity index (χ0n) is 8.53. The van der Waals surface area contributed by atoms with Gasteiger partial charge in [0.15, 0.2) is 0 Å². The van der Waals surface area contributed by atoms with Crippen LogP contribution >= 0.6 is 0 Å². The Bertz CT molecular complexity index is 428. The summed E-state index contributed by atoms with van der Waals surface area (Å²) < 4.78 is 5.44. The molecule has 0 aliphatic carbocycles. The molecule has 0 amide bonds. The fourth-order valence-electron chi connectivity index (χ4n) is 1.37. The Balaban J connectivity index is 2.46. The minimum Gasteiger partial charge on any atom is -0.440 e. The Kier molecular flexibility index (Phi) is 2.11. The lowest BCUT2D eigenvalue weighted by molar-refractivity contribution is 0.539. The third-order valence-corrected chi connectivity index (χ3v) is 2.13. The van der Waals surface area contributed by atoms with Crippen LogP contribution in [0.4, 0.5) is 0 Å². The van der Waals surface area contributed by atoms with Crippen LogP contribution in [0.3, 0.4) is 0 Å². The Labute approximate surface area is 82.4 Å². The topological polar surface area (TPSA) is 54.7 Å². The number of nitrogens with one attached hydrogen (secondary N) is 1. The van der Waals surface area contributed by atoms with E-state index in [4.69, 9.17) is 4.42 Å². The Hall–Kier alpha value is -1.58. The molecule has 2 heterocycles. The molecule has 0 unspecified atom stereocenters. The van der Waals surface area contributed by atoms with Gasteiger partial charge in [-0.3, -0.25) is 5.10 Å². The maximum atomic E-state index is 5.44. The zero-order chi connectivity index (χ0) is 10.1. The van der Waals surface area contributed by atoms with Crippen molar-refractivity contribution in [1.82, 2.24) is 15.2 Å². The first-order valence-electron chi connectivity index (χ1n) is 4.64. The van der Waals surface area contributed by atoms with E-state index >= 15 is 0 Å². The minimum absolute atomic E-state index is 0.413. The van der Waals surface area contributed by atoms with Crippen molar-refractivity contribution in [2.75, 3.05) is 0 Å². The molecule has 4 nitrogen and oxygen atoms in total. The van der Waals surface area contributed by atoms with Gasteiger partial charge in [-0.25, -0.2) is 4.98 Å². The highest BCUT2D eigenvalue weighted by molar-refractivity contribution is 5.53. The monoisotopic (exact) mass is 191 g/mol. The Morgan fingerprint density at radius 3 is 2.71 bits per heavy atom. The van der Waals surface area contributed by atoms with Crippen molar-refractivity contribution in [1.29, 1.82) is 0 Å². The molecule has 2 rings (SSSR count). The molecule has 0 aliphatic heterocycles. The Morgan fingerprint density at radius 1 is 1.36 bits per heavy atom. The summed E-state index contributed by atoms with van der Waals surface area (Å²) in [6, 6.07) is 0. The van der Waals surface area contributed by atoms with Gasteiger partial charge >= 0.3 is 0 Å². The van der Waals surface area contributed by atoms with Gasteiger partial charge in [0, 0.05) is 5.56 Å². The van der Waals surface area contributed by atoms with E-state index in [2.05, 4.69) is 29.0 Å². The first-order valence-corrected chi connectivity index (χ1v) is 4.64. The van der Waals surface area contributed by atoms with Gasteiger partial charge in [0.1, 0.15) is 11.5 Å². The van der Waals surface area contributed by atoms with Gasteiger partial charge in [0.25, 0.3) is 0 Å². The highest BCUT2D eigenvalue weighted by atomic mass is 16.4. The van der Waals surface area contributed by atoms with Crippen LogP contribution in [0.25, 0.3) is 11.6 Å². The SMILES string of the molecule is Cc1cnc(-c2[nH]ncc2C(C)C)o1. The average Bonchev–Trinajstić information content (AvgIpc) is 2.70. The summed E-state index contributed by atoms with van der Waals surface area (Å²) in [5.41, 5.74) is 2.01. The van der Waals surface area contributed by atoms with Crippen molar-refractivity contribution in [3.63, 3.8) is 0 Å². The first kappa shape index (κ1) is 8.99. The van der Waals surface area contributed by atoms with Gasteiger partial charge in [-0.05, 0) is 12.8 Å². The number of H-pyrrole nitrogens is 1. The van der Waals surface area contributed by atoms with Gasteiger partial charge in [0.2, 0.25) is 5.89 Å². The molecule has 1 N–H and O–H groups in total. The van der Waals surface area contributed by atoms with Gasteiger partial charge < -0.3 is 4.42 Å². The summed E-state index contributed by atoms with van der Waals surface area (Å²) in [5.74, 6) is 1.84. The molecule has 0 spiro atoms. The van der Waals surface area contributed by atoms with Crippen LogP contribution in [0.5, 0.6) is 0 Å². The lowest BCUT2D eigenvalue weighted by Gasteiger charge is -2.01. The Morgan fingerprint density at radius 2 is 2.14 bits per heavy atom. The van der Waals surface area contributed by atoms with Crippen LogP contribution in [0, 0.1) is 6.92 Å². The van der Waals surface area contributed by atoms with Crippen molar-refractivity contribution < 1.29 is 4.42 Å². The molecule has 0 saturated heterocycles. The van der Waals surface area contributed by atoms with E-state index in [0.717, 1.165) is 17.0 Å². The number of aromatic amines is 1. The lowest BCUT2D eigenvalue weighted by atomic mass is 10.0. The summed E-state index contributed by atoms with van der Waals surface area (Å²) >= 11 is 0. The van der Waals surface area contributed by atoms with Gasteiger partial charge in [-0.2, -0.15) is 5.10 Å². The highest BCUT2D eigenvalue weighted by Crippen LogP contribution is 2.26. The molecule has 0 radical (unpaired) electrons. The number of aryl methyl sites for hydroxylation is 1. The van der Waals surface area contributed by atoms with Crippen LogP contribution < -0.4 is 0 Å². The second-order valence-corrected chi connectivity index (χ2v) is 3.63. The number of rotatable bonds is 2. The maximum Gasteiger partial charge on any atom is 0.244 e. The van der Waals surface area contributed by atoms with E-state index < -0.39 is 0 Å². The quantitative estimate of drug-likeness (QED) is 0.793. The van der Waals surface area contributed by atoms with Crippen molar-refractivity contribution in [3.05, 3.63) is 23.7 Å². The molecular formula is C10H13N3O. The summed E-state index contributed by atoms with van der Waals surface area (Å²) in [6.07, 6.45) is 3.53. The van der Waals surface area contributed by atoms with E-state index in [9.17, 15) is 0 Å². The van der Waals surface area contributed by atoms with E-state index in [0.29, 0.717) is 11.8 Å². The first-order chi connectivity index (χ1) is 6.68. The van der Waals surface area contributed by atoms with Gasteiger partial charge in [-0.15, -0.1) is 0 Å². The molecular weight excluding hydrogens is 178 g/mol. The molecule has 2 aromatic rings. The van der Waals surface area contributed by atoms with Crippen LogP contribution in [-0.2, 0) is 0 Å². The number of hydrogen-bond acceptors (Lipinski definition) is 3. The third kappa shape index (κ3) is 1.43. The molecule has 2 aromatic heterocycles. The van der Waals surface area contributed by atoms with Crippen LogP contribution in [0.2, 0.25) is 0 Å². The summed E-state index contributed by atoms with van der Waals surface area (Å²) in [7, 11) is 0. The molecule has 4 heteroatoms. The minimum atomic E-state index is 0.413. The standard InChI is InChI=1S/C10H13N3O/c1-6(2)8-5-12-13-9(8)10-11-4-7(3)14-10/h4-6H,1-3H3,(H,12,13). The second kappa shape index (κ2) is 3.29. The number of aromatic nitrogens is 3. The molecule has 0 aliphatic rings. The van der Waals surface area contributed by atoms with Crippen molar-refractivity contribution in [3.8, 4) is 11.6 Å². The van der Waals surface area contributed by atoms with Crippen LogP contribution in [0.15, 0.2) is 16.8 Å². The summed E-state index contributed by atoms with van der Waals surface area (Å²) in [5, 5.41) is 6.91. The predicted molar refractivity (Wildman–Crippen MR) is 52.9 cm³/mol. The second-order valence-electron chi connectivity index (χ2n) is 3.63. The fraction of sp³-hybridized carbons (Fsp3) is 0.400. The van der Waals surface area contributed by atoms with E-state index in [-0.39, 0.29) is 0 Å². The molecule has 0 fully saturated rings. The molecule has 74 valence electrons. The molecule has 0 atom stereocenters. The van der Waals surface area contributed by atoms with Gasteiger partial charge in [0.05, 0.1) is 12.4 Å². The third-order valence-electron chi connectivity index (χ3n) is 2.13. The number of hydrogen-bond donors (Lipinski definition) is 1. The molecule has 0 aromatic carbocycles. The zero-order valence-corrected chi connectivity index (χ0v) is 8.53. The summed E-state index contributed by atoms with van der Waals surface area (Å²) in [4.78, 5) is 4.16. The fourth-order valence-corrected chi connectivity index (χ4v) is 1.37. The highest BCUT2D eigenvalue weighted by Gasteiger charge is 2.14. The van der Waals surface area contributed by atoms with E-state index in [1.165, 1.54) is 0 Å². The normalized spacial score (nSPS) is 11.1. The van der Waals surface area contributed by atoms with E-state index in [1.807, 2.05) is 13.1 Å². The van der Waals surface area contributed by atoms with Gasteiger partial charge in [-0.1, -0.05) is 13.8 Å². The maximum absolute atomic E-state index is 5.44. The largest absolute Gasteiger partial charge is 0.440 e. The average molecular weight is 191 g/mol. The van der Waals surface area contributed by atoms with Crippen LogP contribution in [0.1, 0.15) is 31.1 Å². The predicted octanol–water partition coefficient (Wildman–Crippen LogP) is 2.50. The molecule has 0 saturated carbocycles. The molecule has 14 heavy (non-hydrogen) atoms. The lowest BCUT2D eigenvalue weighted by Crippen LogP contribution is -1.88.